The van der Waals surface area contributed by atoms with E-state index in [0.717, 1.165) is 80.7 Å². The number of aryl methyl sites for hydroxylation is 1. The number of ether oxygens (including phenoxy) is 2. The Morgan fingerprint density at radius 1 is 1.11 bits per heavy atom. The standard InChI is InChI=1S/C27H33N5O3S/c28-22(33)16-17-6-11-21-23(17)24-25(30-27(31-26(24)36-21)29-18-4-2-1-3-5-18)35-20-9-7-19(8-10-20)32-12-14-34-15-13-32/h1-5,17,19-20H,6-16H2,(H2,28,33)(H,29,30,31)/t17-,19-,20-/m1/s1. The molecule has 6 rings (SSSR count). The van der Waals surface area contributed by atoms with Gasteiger partial charge >= 0.3 is 0 Å². The van der Waals surface area contributed by atoms with Crippen molar-refractivity contribution in [2.24, 2.45) is 5.73 Å². The number of benzene rings is 1. The molecule has 1 amide bonds. The van der Waals surface area contributed by atoms with Gasteiger partial charge in [0, 0.05) is 36.1 Å². The van der Waals surface area contributed by atoms with Gasteiger partial charge in [-0.3, -0.25) is 9.69 Å². The highest BCUT2D eigenvalue weighted by molar-refractivity contribution is 7.19. The molecule has 190 valence electrons. The van der Waals surface area contributed by atoms with E-state index < -0.39 is 0 Å². The molecule has 2 aliphatic carbocycles. The predicted octanol–water partition coefficient (Wildman–Crippen LogP) is 4.36. The number of hydrogen-bond donors (Lipinski definition) is 2. The molecule has 1 aromatic carbocycles. The fourth-order valence-corrected chi connectivity index (χ4v) is 7.23. The summed E-state index contributed by atoms with van der Waals surface area (Å²) < 4.78 is 12.2. The van der Waals surface area contributed by atoms with Crippen LogP contribution < -0.4 is 15.8 Å². The number of fused-ring (bicyclic) bond motifs is 3. The second-order valence-electron chi connectivity index (χ2n) is 10.1. The minimum absolute atomic E-state index is 0.113. The molecular formula is C27H33N5O3S. The largest absolute Gasteiger partial charge is 0.474 e. The Balaban J connectivity index is 1.28. The maximum Gasteiger partial charge on any atom is 0.231 e. The topological polar surface area (TPSA) is 103 Å². The first kappa shape index (κ1) is 23.6. The molecule has 3 heterocycles. The van der Waals surface area contributed by atoms with Crippen molar-refractivity contribution < 1.29 is 14.3 Å². The van der Waals surface area contributed by atoms with Gasteiger partial charge in [0.05, 0.1) is 18.6 Å². The van der Waals surface area contributed by atoms with Crippen LogP contribution in [0.25, 0.3) is 10.2 Å². The highest BCUT2D eigenvalue weighted by Crippen LogP contribution is 2.48. The van der Waals surface area contributed by atoms with Crippen LogP contribution in [0.3, 0.4) is 0 Å². The van der Waals surface area contributed by atoms with Crippen molar-refractivity contribution in [3.8, 4) is 5.88 Å². The third-order valence-electron chi connectivity index (χ3n) is 7.72. The minimum Gasteiger partial charge on any atom is -0.474 e. The molecule has 0 radical (unpaired) electrons. The van der Waals surface area contributed by atoms with E-state index in [-0.39, 0.29) is 17.9 Å². The Morgan fingerprint density at radius 3 is 2.64 bits per heavy atom. The maximum atomic E-state index is 11.8. The van der Waals surface area contributed by atoms with Gasteiger partial charge in [-0.25, -0.2) is 4.98 Å². The molecule has 0 unspecified atom stereocenters. The maximum absolute atomic E-state index is 11.8. The summed E-state index contributed by atoms with van der Waals surface area (Å²) in [4.78, 5) is 26.3. The van der Waals surface area contributed by atoms with Crippen molar-refractivity contribution >= 4 is 39.1 Å². The quantitative estimate of drug-likeness (QED) is 0.490. The minimum atomic E-state index is -0.264. The number of primary amides is 1. The van der Waals surface area contributed by atoms with Gasteiger partial charge in [0.15, 0.2) is 0 Å². The normalized spacial score (nSPS) is 24.5. The van der Waals surface area contributed by atoms with Crippen LogP contribution in [-0.4, -0.2) is 59.2 Å². The van der Waals surface area contributed by atoms with E-state index >= 15 is 0 Å². The zero-order valence-electron chi connectivity index (χ0n) is 20.4. The van der Waals surface area contributed by atoms with E-state index in [0.29, 0.717) is 24.3 Å². The van der Waals surface area contributed by atoms with Crippen molar-refractivity contribution in [3.63, 3.8) is 0 Å². The third kappa shape index (κ3) is 4.92. The predicted molar refractivity (Wildman–Crippen MR) is 141 cm³/mol. The molecule has 2 fully saturated rings. The number of nitrogens with two attached hydrogens (primary N) is 1. The highest BCUT2D eigenvalue weighted by Gasteiger charge is 2.33. The van der Waals surface area contributed by atoms with Gasteiger partial charge in [-0.2, -0.15) is 4.98 Å². The average molecular weight is 508 g/mol. The SMILES string of the molecule is NC(=O)C[C@H]1CCc2sc3nc(Nc4ccccc4)nc(O[C@H]4CC[C@H](N5CCOCC5)CC4)c3c21. The summed E-state index contributed by atoms with van der Waals surface area (Å²) in [6.07, 6.45) is 6.62. The lowest BCUT2D eigenvalue weighted by Gasteiger charge is -2.38. The number of nitrogens with zero attached hydrogens (tertiary/aromatic N) is 3. The van der Waals surface area contributed by atoms with Crippen molar-refractivity contribution in [1.82, 2.24) is 14.9 Å². The Labute approximate surface area is 215 Å². The molecule has 36 heavy (non-hydrogen) atoms. The lowest BCUT2D eigenvalue weighted by Crippen LogP contribution is -2.46. The van der Waals surface area contributed by atoms with E-state index in [1.165, 1.54) is 10.4 Å². The number of para-hydroxylation sites is 1. The molecule has 3 aliphatic rings. The van der Waals surface area contributed by atoms with Gasteiger partial charge in [0.1, 0.15) is 10.9 Å². The number of amides is 1. The molecule has 9 heteroatoms. The number of aromatic nitrogens is 2. The number of morpholine rings is 1. The van der Waals surface area contributed by atoms with Gasteiger partial charge in [-0.15, -0.1) is 11.3 Å². The molecule has 3 aromatic rings. The number of carbonyl (C=O) groups is 1. The molecule has 0 spiro atoms. The summed E-state index contributed by atoms with van der Waals surface area (Å²) in [6.45, 7) is 3.73. The van der Waals surface area contributed by atoms with Gasteiger partial charge in [0.2, 0.25) is 17.7 Å². The molecular weight excluding hydrogens is 474 g/mol. The van der Waals surface area contributed by atoms with Crippen LogP contribution in [0.5, 0.6) is 5.88 Å². The zero-order chi connectivity index (χ0) is 24.5. The number of hydrogen-bond acceptors (Lipinski definition) is 8. The number of nitrogens with one attached hydrogen (secondary N) is 1. The van der Waals surface area contributed by atoms with Crippen LogP contribution in [0, 0.1) is 0 Å². The summed E-state index contributed by atoms with van der Waals surface area (Å²) in [6, 6.07) is 10.6. The fraction of sp³-hybridized carbons (Fsp3) is 0.519. The van der Waals surface area contributed by atoms with Crippen molar-refractivity contribution in [1.29, 1.82) is 0 Å². The molecule has 1 saturated carbocycles. The third-order valence-corrected chi connectivity index (χ3v) is 8.88. The van der Waals surface area contributed by atoms with E-state index in [2.05, 4.69) is 10.2 Å². The molecule has 1 saturated heterocycles. The van der Waals surface area contributed by atoms with Crippen LogP contribution in [0.4, 0.5) is 11.6 Å². The van der Waals surface area contributed by atoms with Crippen molar-refractivity contribution in [2.45, 2.75) is 63.0 Å². The summed E-state index contributed by atoms with van der Waals surface area (Å²) in [7, 11) is 0. The summed E-state index contributed by atoms with van der Waals surface area (Å²) in [5.41, 5.74) is 7.71. The van der Waals surface area contributed by atoms with Crippen molar-refractivity contribution in [3.05, 3.63) is 40.8 Å². The highest BCUT2D eigenvalue weighted by atomic mass is 32.1. The first-order valence-electron chi connectivity index (χ1n) is 13.1. The summed E-state index contributed by atoms with van der Waals surface area (Å²) in [5, 5.41) is 4.32. The molecule has 0 bridgehead atoms. The van der Waals surface area contributed by atoms with Crippen LogP contribution in [0.2, 0.25) is 0 Å². The van der Waals surface area contributed by atoms with E-state index in [1.807, 2.05) is 30.3 Å². The molecule has 1 atom stereocenters. The van der Waals surface area contributed by atoms with E-state index in [4.69, 9.17) is 25.2 Å². The first-order chi connectivity index (χ1) is 17.6. The fourth-order valence-electron chi connectivity index (χ4n) is 5.97. The van der Waals surface area contributed by atoms with Gasteiger partial charge in [-0.05, 0) is 62.1 Å². The molecule has 1 aliphatic heterocycles. The van der Waals surface area contributed by atoms with Crippen molar-refractivity contribution in [2.75, 3.05) is 31.6 Å². The second kappa shape index (κ2) is 10.3. The first-order valence-corrected chi connectivity index (χ1v) is 13.9. The molecule has 2 aromatic heterocycles. The second-order valence-corrected chi connectivity index (χ2v) is 11.1. The Morgan fingerprint density at radius 2 is 1.89 bits per heavy atom. The zero-order valence-corrected chi connectivity index (χ0v) is 21.3. The summed E-state index contributed by atoms with van der Waals surface area (Å²) in [5.74, 6) is 1.03. The number of rotatable bonds is 7. The number of anilines is 2. The Kier molecular flexibility index (Phi) is 6.77. The van der Waals surface area contributed by atoms with E-state index in [9.17, 15) is 4.79 Å². The smallest absolute Gasteiger partial charge is 0.231 e. The van der Waals surface area contributed by atoms with Gasteiger partial charge in [-0.1, -0.05) is 18.2 Å². The molecule has 8 nitrogen and oxygen atoms in total. The Bertz CT molecular complexity index is 1220. The number of thiophene rings is 1. The lowest BCUT2D eigenvalue weighted by molar-refractivity contribution is -0.118. The van der Waals surface area contributed by atoms with E-state index in [1.54, 1.807) is 11.3 Å². The summed E-state index contributed by atoms with van der Waals surface area (Å²) >= 11 is 1.70. The van der Waals surface area contributed by atoms with Gasteiger partial charge in [0.25, 0.3) is 0 Å². The Hall–Kier alpha value is -2.75. The van der Waals surface area contributed by atoms with Crippen LogP contribution in [-0.2, 0) is 16.0 Å². The van der Waals surface area contributed by atoms with Crippen LogP contribution >= 0.6 is 11.3 Å². The van der Waals surface area contributed by atoms with Gasteiger partial charge < -0.3 is 20.5 Å². The van der Waals surface area contributed by atoms with Crippen LogP contribution in [0.1, 0.15) is 54.9 Å². The average Bonchev–Trinajstić information content (AvgIpc) is 3.45. The molecule has 3 N–H and O–H groups in total. The lowest BCUT2D eigenvalue weighted by atomic mass is 9.91. The number of carbonyl (C=O) groups excluding carboxylic acids is 1. The van der Waals surface area contributed by atoms with Crippen LogP contribution in [0.15, 0.2) is 30.3 Å². The monoisotopic (exact) mass is 507 g/mol.